The summed E-state index contributed by atoms with van der Waals surface area (Å²) in [6.07, 6.45) is 2.63. The normalized spacial score (nSPS) is 16.0. The van der Waals surface area contributed by atoms with E-state index in [1.165, 1.54) is 16.2 Å². The van der Waals surface area contributed by atoms with Crippen molar-refractivity contribution in [1.82, 2.24) is 10.2 Å². The summed E-state index contributed by atoms with van der Waals surface area (Å²) < 4.78 is 0. The van der Waals surface area contributed by atoms with Crippen LogP contribution in [0.5, 0.6) is 0 Å². The number of carbonyl (C=O) groups excluding carboxylic acids is 2. The number of nitrogens with two attached hydrogens (primary N) is 3. The number of halogens is 1. The van der Waals surface area contributed by atoms with Crippen LogP contribution in [0, 0.1) is 5.92 Å². The molecule has 0 spiro atoms. The lowest BCUT2D eigenvalue weighted by Gasteiger charge is -2.24. The van der Waals surface area contributed by atoms with E-state index in [-0.39, 0.29) is 24.9 Å². The zero-order valence-corrected chi connectivity index (χ0v) is 18.0. The third-order valence-corrected chi connectivity index (χ3v) is 4.25. The van der Waals surface area contributed by atoms with Crippen molar-refractivity contribution in [3.8, 4) is 0 Å². The van der Waals surface area contributed by atoms with Crippen LogP contribution >= 0.6 is 11.6 Å². The quantitative estimate of drug-likeness (QED) is 0.233. The van der Waals surface area contributed by atoms with Crippen molar-refractivity contribution in [1.29, 1.82) is 0 Å². The van der Waals surface area contributed by atoms with E-state index in [0.717, 1.165) is 12.3 Å². The van der Waals surface area contributed by atoms with E-state index < -0.39 is 6.04 Å². The van der Waals surface area contributed by atoms with Gasteiger partial charge in [-0.1, -0.05) is 32.4 Å². The lowest BCUT2D eigenvalue weighted by atomic mass is 10.1. The summed E-state index contributed by atoms with van der Waals surface area (Å²) in [5, 5.41) is 7.94. The highest BCUT2D eigenvalue weighted by atomic mass is 35.5. The van der Waals surface area contributed by atoms with E-state index in [9.17, 15) is 9.59 Å². The van der Waals surface area contributed by atoms with Gasteiger partial charge in [0.2, 0.25) is 11.8 Å². The van der Waals surface area contributed by atoms with Gasteiger partial charge in [-0.3, -0.25) is 14.6 Å². The van der Waals surface area contributed by atoms with Gasteiger partial charge in [0.15, 0.2) is 0 Å². The lowest BCUT2D eigenvalue weighted by Crippen LogP contribution is -2.47. The predicted octanol–water partition coefficient (Wildman–Crippen LogP) is 1.15. The van der Waals surface area contributed by atoms with E-state index in [2.05, 4.69) is 31.2 Å². The average molecular weight is 426 g/mol. The van der Waals surface area contributed by atoms with Gasteiger partial charge in [0, 0.05) is 18.1 Å². The van der Waals surface area contributed by atoms with E-state index in [4.69, 9.17) is 29.0 Å². The SMILES string of the molecule is CC(C)C.NCC(=O)N1CCC[C@H]1C(=O)NCc1cc(Cl)ccc1N(N)/C=N\N. The standard InChI is InChI=1S/C15H22ClN7O2.C4H10/c16-11-3-4-12(23(19)9-21-18)10(6-11)8-20-15(25)13-2-1-5-22(13)14(24)7-17;1-4(2)3/h3-4,6,9,13H,1-2,5,7-8,17-19H2,(H,20,25);4H,1-3H3/b21-9-;/t13-;/m0./s1. The Morgan fingerprint density at radius 2 is 2.07 bits per heavy atom. The van der Waals surface area contributed by atoms with Gasteiger partial charge in [-0.05, 0) is 42.5 Å². The predicted molar refractivity (Wildman–Crippen MR) is 117 cm³/mol. The fourth-order valence-corrected chi connectivity index (χ4v) is 3.03. The second-order valence-corrected chi connectivity index (χ2v) is 7.78. The molecule has 1 aliphatic rings. The summed E-state index contributed by atoms with van der Waals surface area (Å²) >= 11 is 6.03. The molecule has 0 saturated carbocycles. The number of hydrazine groups is 1. The molecular formula is C19H32ClN7O2. The summed E-state index contributed by atoms with van der Waals surface area (Å²) in [6.45, 7) is 7.13. The lowest BCUT2D eigenvalue weighted by molar-refractivity contribution is -0.137. The maximum Gasteiger partial charge on any atom is 0.243 e. The molecule has 162 valence electrons. The molecule has 0 radical (unpaired) electrons. The van der Waals surface area contributed by atoms with Crippen LogP contribution in [0.3, 0.4) is 0 Å². The van der Waals surface area contributed by atoms with Crippen LogP contribution in [0.25, 0.3) is 0 Å². The number of hydrazone groups is 1. The van der Waals surface area contributed by atoms with Gasteiger partial charge in [0.25, 0.3) is 0 Å². The summed E-state index contributed by atoms with van der Waals surface area (Å²) in [7, 11) is 0. The third-order valence-electron chi connectivity index (χ3n) is 4.01. The maximum atomic E-state index is 12.5. The molecule has 1 aromatic carbocycles. The van der Waals surface area contributed by atoms with Crippen LogP contribution in [0.2, 0.25) is 5.02 Å². The number of amides is 2. The highest BCUT2D eigenvalue weighted by Crippen LogP contribution is 2.23. The van der Waals surface area contributed by atoms with Crippen molar-refractivity contribution in [3.05, 3.63) is 28.8 Å². The number of anilines is 1. The minimum atomic E-state index is -0.502. The monoisotopic (exact) mass is 425 g/mol. The molecule has 10 heteroatoms. The molecule has 0 aromatic heterocycles. The largest absolute Gasteiger partial charge is 0.350 e. The van der Waals surface area contributed by atoms with E-state index in [1.54, 1.807) is 18.2 Å². The number of hydrogen-bond donors (Lipinski definition) is 4. The van der Waals surface area contributed by atoms with Gasteiger partial charge in [-0.15, -0.1) is 0 Å². The zero-order chi connectivity index (χ0) is 22.0. The van der Waals surface area contributed by atoms with Crippen molar-refractivity contribution in [2.45, 2.75) is 46.2 Å². The van der Waals surface area contributed by atoms with E-state index >= 15 is 0 Å². The third kappa shape index (κ3) is 7.88. The number of benzene rings is 1. The highest BCUT2D eigenvalue weighted by Gasteiger charge is 2.33. The molecule has 2 rings (SSSR count). The molecule has 1 fully saturated rings. The number of nitrogens with one attached hydrogen (secondary N) is 1. The molecule has 1 heterocycles. The average Bonchev–Trinajstić information content (AvgIpc) is 3.15. The van der Waals surface area contributed by atoms with Crippen molar-refractivity contribution in [3.63, 3.8) is 0 Å². The van der Waals surface area contributed by atoms with Crippen molar-refractivity contribution in [2.75, 3.05) is 18.1 Å². The minimum Gasteiger partial charge on any atom is -0.350 e. The van der Waals surface area contributed by atoms with Crippen LogP contribution in [0.15, 0.2) is 23.3 Å². The number of carbonyl (C=O) groups is 2. The molecule has 0 unspecified atom stereocenters. The summed E-state index contributed by atoms with van der Waals surface area (Å²) in [5.41, 5.74) is 6.69. The highest BCUT2D eigenvalue weighted by molar-refractivity contribution is 6.30. The molecule has 9 nitrogen and oxygen atoms in total. The minimum absolute atomic E-state index is 0.108. The topological polar surface area (TPSA) is 143 Å². The molecule has 1 aliphatic heterocycles. The Kier molecular flexibility index (Phi) is 10.4. The molecule has 2 amide bonds. The Morgan fingerprint density at radius 1 is 1.41 bits per heavy atom. The Hall–Kier alpha value is -2.36. The van der Waals surface area contributed by atoms with E-state index in [0.29, 0.717) is 29.2 Å². The first-order chi connectivity index (χ1) is 13.7. The maximum absolute atomic E-state index is 12.5. The second kappa shape index (κ2) is 12.3. The first-order valence-electron chi connectivity index (χ1n) is 9.54. The molecular weight excluding hydrogens is 394 g/mol. The van der Waals surface area contributed by atoms with Crippen LogP contribution < -0.4 is 27.7 Å². The van der Waals surface area contributed by atoms with Crippen molar-refractivity contribution >= 4 is 35.4 Å². The number of hydrogen-bond acceptors (Lipinski definition) is 6. The fourth-order valence-electron chi connectivity index (χ4n) is 2.84. The molecule has 29 heavy (non-hydrogen) atoms. The van der Waals surface area contributed by atoms with Gasteiger partial charge in [0.1, 0.15) is 12.4 Å². The van der Waals surface area contributed by atoms with Crippen molar-refractivity contribution in [2.24, 2.45) is 28.4 Å². The van der Waals surface area contributed by atoms with E-state index in [1.807, 2.05) is 0 Å². The summed E-state index contributed by atoms with van der Waals surface area (Å²) in [6, 6.07) is 4.56. The van der Waals surface area contributed by atoms with Gasteiger partial charge in [-0.2, -0.15) is 5.10 Å². The van der Waals surface area contributed by atoms with Crippen LogP contribution in [0.1, 0.15) is 39.2 Å². The summed E-state index contributed by atoms with van der Waals surface area (Å²) in [4.78, 5) is 25.8. The Labute approximate surface area is 177 Å². The van der Waals surface area contributed by atoms with Gasteiger partial charge in [-0.25, -0.2) is 5.84 Å². The first kappa shape index (κ1) is 24.7. The first-order valence-corrected chi connectivity index (χ1v) is 9.92. The van der Waals surface area contributed by atoms with Crippen LogP contribution in [0.4, 0.5) is 5.69 Å². The number of nitrogens with zero attached hydrogens (tertiary/aromatic N) is 3. The van der Waals surface area contributed by atoms with Gasteiger partial charge < -0.3 is 21.8 Å². The molecule has 7 N–H and O–H groups in total. The van der Waals surface area contributed by atoms with Gasteiger partial charge in [0.05, 0.1) is 12.2 Å². The van der Waals surface area contributed by atoms with Crippen LogP contribution in [-0.2, 0) is 16.1 Å². The Balaban J connectivity index is 0.000000960. The Morgan fingerprint density at radius 3 is 2.66 bits per heavy atom. The number of likely N-dealkylation sites (tertiary alicyclic amines) is 1. The molecule has 0 bridgehead atoms. The number of rotatable bonds is 6. The summed E-state index contributed by atoms with van der Waals surface area (Å²) in [5.74, 6) is 11.3. The zero-order valence-electron chi connectivity index (χ0n) is 17.3. The fraction of sp³-hybridized carbons (Fsp3) is 0.526. The van der Waals surface area contributed by atoms with Crippen molar-refractivity contribution < 1.29 is 9.59 Å². The molecule has 0 aliphatic carbocycles. The second-order valence-electron chi connectivity index (χ2n) is 7.34. The smallest absolute Gasteiger partial charge is 0.243 e. The molecule has 1 saturated heterocycles. The molecule has 1 aromatic rings. The van der Waals surface area contributed by atoms with Gasteiger partial charge >= 0.3 is 0 Å². The Bertz CT molecular complexity index is 709. The molecule has 1 atom stereocenters. The van der Waals surface area contributed by atoms with Crippen LogP contribution in [-0.4, -0.2) is 42.2 Å².